The molecule has 0 spiro atoms. The normalized spacial score (nSPS) is 10.9. The van der Waals surface area contributed by atoms with Crippen molar-refractivity contribution in [3.63, 3.8) is 0 Å². The number of benzene rings is 3. The van der Waals surface area contributed by atoms with Crippen molar-refractivity contribution in [3.05, 3.63) is 89.6 Å². The first kappa shape index (κ1) is 24.3. The lowest BCUT2D eigenvalue weighted by Crippen LogP contribution is -2.13. The first-order valence-corrected chi connectivity index (χ1v) is 12.4. The average molecular weight is 512 g/mol. The van der Waals surface area contributed by atoms with Gasteiger partial charge in [-0.15, -0.1) is 5.10 Å². The van der Waals surface area contributed by atoms with Crippen LogP contribution in [0.4, 0.5) is 5.69 Å². The SMILES string of the molecule is COc1cc(OC)cc(C(=O)Nc2ccccc2Sc2c(C)c(C)nc3nc(-c4ccccc4)nn23)c1. The predicted octanol–water partition coefficient (Wildman–Crippen LogP) is 5.83. The van der Waals surface area contributed by atoms with E-state index in [1.165, 1.54) is 11.8 Å². The van der Waals surface area contributed by atoms with Gasteiger partial charge in [0.15, 0.2) is 5.82 Å². The summed E-state index contributed by atoms with van der Waals surface area (Å²) in [5.74, 6) is 1.93. The smallest absolute Gasteiger partial charge is 0.255 e. The van der Waals surface area contributed by atoms with Gasteiger partial charge in [-0.2, -0.15) is 9.50 Å². The van der Waals surface area contributed by atoms with E-state index in [0.29, 0.717) is 34.4 Å². The van der Waals surface area contributed by atoms with Gasteiger partial charge >= 0.3 is 0 Å². The van der Waals surface area contributed by atoms with E-state index in [-0.39, 0.29) is 5.91 Å². The largest absolute Gasteiger partial charge is 0.497 e. The Kier molecular flexibility index (Phi) is 6.78. The van der Waals surface area contributed by atoms with Gasteiger partial charge in [-0.1, -0.05) is 54.2 Å². The molecular formula is C28H25N5O3S. The van der Waals surface area contributed by atoms with Crippen LogP contribution in [0.15, 0.2) is 82.7 Å². The summed E-state index contributed by atoms with van der Waals surface area (Å²) in [4.78, 5) is 23.4. The van der Waals surface area contributed by atoms with Crippen molar-refractivity contribution < 1.29 is 14.3 Å². The van der Waals surface area contributed by atoms with Crippen LogP contribution in [0.3, 0.4) is 0 Å². The summed E-state index contributed by atoms with van der Waals surface area (Å²) >= 11 is 1.50. The van der Waals surface area contributed by atoms with E-state index in [4.69, 9.17) is 14.6 Å². The third-order valence-electron chi connectivity index (χ3n) is 5.90. The Labute approximate surface area is 218 Å². The third-order valence-corrected chi connectivity index (χ3v) is 7.15. The van der Waals surface area contributed by atoms with E-state index in [9.17, 15) is 4.79 Å². The Balaban J connectivity index is 1.51. The summed E-state index contributed by atoms with van der Waals surface area (Å²) in [7, 11) is 3.10. The van der Waals surface area contributed by atoms with Crippen molar-refractivity contribution >= 4 is 29.1 Å². The Morgan fingerprint density at radius 1 is 0.892 bits per heavy atom. The molecule has 0 saturated heterocycles. The second-order valence-corrected chi connectivity index (χ2v) is 9.32. The van der Waals surface area contributed by atoms with Crippen LogP contribution in [0.1, 0.15) is 21.6 Å². The van der Waals surface area contributed by atoms with E-state index in [2.05, 4.69) is 15.3 Å². The number of methoxy groups -OCH3 is 2. The van der Waals surface area contributed by atoms with Gasteiger partial charge in [0.2, 0.25) is 0 Å². The van der Waals surface area contributed by atoms with Crippen molar-refractivity contribution in [2.45, 2.75) is 23.8 Å². The van der Waals surface area contributed by atoms with Crippen LogP contribution in [0.25, 0.3) is 17.2 Å². The number of para-hydroxylation sites is 1. The number of aromatic nitrogens is 4. The lowest BCUT2D eigenvalue weighted by atomic mass is 10.2. The van der Waals surface area contributed by atoms with Crippen LogP contribution in [0.2, 0.25) is 0 Å². The van der Waals surface area contributed by atoms with E-state index < -0.39 is 0 Å². The Hall–Kier alpha value is -4.37. The van der Waals surface area contributed by atoms with Crippen LogP contribution in [0.5, 0.6) is 11.5 Å². The van der Waals surface area contributed by atoms with Gasteiger partial charge in [-0.05, 0) is 38.1 Å². The topological polar surface area (TPSA) is 90.6 Å². The summed E-state index contributed by atoms with van der Waals surface area (Å²) < 4.78 is 12.4. The molecule has 5 aromatic rings. The van der Waals surface area contributed by atoms with Crippen LogP contribution in [-0.2, 0) is 0 Å². The lowest BCUT2D eigenvalue weighted by molar-refractivity contribution is 0.102. The molecule has 2 aromatic heterocycles. The minimum absolute atomic E-state index is 0.273. The molecule has 0 aliphatic rings. The molecule has 37 heavy (non-hydrogen) atoms. The maximum Gasteiger partial charge on any atom is 0.255 e. The molecule has 0 unspecified atom stereocenters. The fourth-order valence-corrected chi connectivity index (χ4v) is 4.88. The molecule has 0 radical (unpaired) electrons. The van der Waals surface area contributed by atoms with Crippen molar-refractivity contribution in [1.82, 2.24) is 19.6 Å². The quantitative estimate of drug-likeness (QED) is 0.275. The van der Waals surface area contributed by atoms with E-state index in [0.717, 1.165) is 26.7 Å². The number of rotatable bonds is 7. The third kappa shape index (κ3) is 4.99. The molecule has 0 aliphatic carbocycles. The van der Waals surface area contributed by atoms with Crippen molar-refractivity contribution in [1.29, 1.82) is 0 Å². The summed E-state index contributed by atoms with van der Waals surface area (Å²) in [5.41, 5.74) is 3.87. The highest BCUT2D eigenvalue weighted by atomic mass is 32.2. The molecule has 5 rings (SSSR count). The van der Waals surface area contributed by atoms with Gasteiger partial charge in [0.25, 0.3) is 11.7 Å². The minimum Gasteiger partial charge on any atom is -0.497 e. The summed E-state index contributed by atoms with van der Waals surface area (Å²) in [6.45, 7) is 3.97. The maximum atomic E-state index is 13.2. The first-order valence-electron chi connectivity index (χ1n) is 11.6. The molecule has 1 N–H and O–H groups in total. The molecule has 0 bridgehead atoms. The summed E-state index contributed by atoms with van der Waals surface area (Å²) in [6, 6.07) is 22.5. The maximum absolute atomic E-state index is 13.2. The van der Waals surface area contributed by atoms with Gasteiger partial charge in [-0.25, -0.2) is 4.98 Å². The molecule has 3 aromatic carbocycles. The molecule has 0 atom stereocenters. The fourth-order valence-electron chi connectivity index (χ4n) is 3.79. The van der Waals surface area contributed by atoms with Crippen molar-refractivity contribution in [3.8, 4) is 22.9 Å². The molecule has 0 saturated carbocycles. The monoisotopic (exact) mass is 511 g/mol. The first-order chi connectivity index (χ1) is 18.0. The zero-order valence-corrected chi connectivity index (χ0v) is 21.7. The zero-order valence-electron chi connectivity index (χ0n) is 20.9. The molecule has 2 heterocycles. The fraction of sp³-hybridized carbons (Fsp3) is 0.143. The standard InChI is InChI=1S/C28H25N5O3S/c1-17-18(2)29-28-31-25(19-10-6-5-7-11-19)32-33(28)27(17)37-24-13-9-8-12-23(24)30-26(34)20-14-21(35-3)16-22(15-20)36-4/h5-16H,1-4H3,(H,30,34). The van der Waals surface area contributed by atoms with Crippen LogP contribution < -0.4 is 14.8 Å². The number of amides is 1. The zero-order chi connectivity index (χ0) is 25.9. The molecule has 186 valence electrons. The summed E-state index contributed by atoms with van der Waals surface area (Å²) in [5, 5.41) is 8.67. The number of ether oxygens (including phenoxy) is 2. The molecular weight excluding hydrogens is 486 g/mol. The van der Waals surface area contributed by atoms with Crippen molar-refractivity contribution in [2.24, 2.45) is 0 Å². The molecule has 0 fully saturated rings. The Morgan fingerprint density at radius 3 is 2.27 bits per heavy atom. The second kappa shape index (κ2) is 10.3. The summed E-state index contributed by atoms with van der Waals surface area (Å²) in [6.07, 6.45) is 0. The highest BCUT2D eigenvalue weighted by Gasteiger charge is 2.18. The van der Waals surface area contributed by atoms with E-state index in [1.54, 1.807) is 36.9 Å². The molecule has 9 heteroatoms. The van der Waals surface area contributed by atoms with Gasteiger partial charge < -0.3 is 14.8 Å². The molecule has 0 aliphatic heterocycles. The van der Waals surface area contributed by atoms with Crippen LogP contribution in [-0.4, -0.2) is 39.7 Å². The highest BCUT2D eigenvalue weighted by molar-refractivity contribution is 7.99. The number of fused-ring (bicyclic) bond motifs is 1. The van der Waals surface area contributed by atoms with Crippen LogP contribution >= 0.6 is 11.8 Å². The van der Waals surface area contributed by atoms with Gasteiger partial charge in [0.1, 0.15) is 16.5 Å². The van der Waals surface area contributed by atoms with Gasteiger partial charge in [0.05, 0.1) is 19.9 Å². The Morgan fingerprint density at radius 2 is 1.57 bits per heavy atom. The number of nitrogens with zero attached hydrogens (tertiary/aromatic N) is 4. The number of hydrogen-bond donors (Lipinski definition) is 1. The second-order valence-electron chi connectivity index (χ2n) is 8.29. The number of anilines is 1. The molecule has 1 amide bonds. The van der Waals surface area contributed by atoms with Crippen molar-refractivity contribution in [2.75, 3.05) is 19.5 Å². The number of hydrogen-bond acceptors (Lipinski definition) is 7. The highest BCUT2D eigenvalue weighted by Crippen LogP contribution is 2.36. The number of carbonyl (C=O) groups is 1. The minimum atomic E-state index is -0.273. The predicted molar refractivity (Wildman–Crippen MR) is 144 cm³/mol. The number of carbonyl (C=O) groups excluding carboxylic acids is 1. The van der Waals surface area contributed by atoms with Gasteiger partial charge in [0, 0.05) is 33.3 Å². The van der Waals surface area contributed by atoms with E-state index >= 15 is 0 Å². The molecule has 8 nitrogen and oxygen atoms in total. The van der Waals surface area contributed by atoms with E-state index in [1.807, 2.05) is 68.4 Å². The van der Waals surface area contributed by atoms with Crippen LogP contribution in [0, 0.1) is 13.8 Å². The lowest BCUT2D eigenvalue weighted by Gasteiger charge is -2.14. The average Bonchev–Trinajstić information content (AvgIpc) is 3.36. The number of nitrogens with one attached hydrogen (secondary N) is 1. The number of aryl methyl sites for hydroxylation is 1. The Bertz CT molecular complexity index is 1580. The van der Waals surface area contributed by atoms with Gasteiger partial charge in [-0.3, -0.25) is 4.79 Å².